The van der Waals surface area contributed by atoms with Gasteiger partial charge in [-0.05, 0) is 12.8 Å². The van der Waals surface area contributed by atoms with Crippen molar-refractivity contribution in [1.82, 2.24) is 4.98 Å². The molecule has 1 fully saturated rings. The van der Waals surface area contributed by atoms with Gasteiger partial charge in [0.05, 0.1) is 24.8 Å². The maximum atomic E-state index is 12.1. The average molecular weight is 368 g/mol. The number of rotatable bonds is 5. The highest BCUT2D eigenvalue weighted by Gasteiger charge is 2.46. The van der Waals surface area contributed by atoms with Gasteiger partial charge in [-0.3, -0.25) is 9.59 Å². The van der Waals surface area contributed by atoms with E-state index in [9.17, 15) is 9.59 Å². The van der Waals surface area contributed by atoms with E-state index in [1.54, 1.807) is 0 Å². The Morgan fingerprint density at radius 1 is 1.33 bits per heavy atom. The van der Waals surface area contributed by atoms with Crippen LogP contribution in [-0.2, 0) is 20.7 Å². The minimum absolute atomic E-state index is 0. The summed E-state index contributed by atoms with van der Waals surface area (Å²) in [5, 5.41) is 3.21. The molecule has 128 valence electrons. The second-order valence-electron chi connectivity index (χ2n) is 5.52. The fraction of sp³-hybridized carbons (Fsp3) is 0.312. The van der Waals surface area contributed by atoms with Crippen molar-refractivity contribution in [3.63, 3.8) is 0 Å². The first-order chi connectivity index (χ1) is 11.0. The molecule has 1 amide bonds. The molecule has 24 heavy (non-hydrogen) atoms. The molecule has 0 saturated heterocycles. The van der Waals surface area contributed by atoms with Gasteiger partial charge < -0.3 is 15.8 Å². The zero-order chi connectivity index (χ0) is 16.4. The number of anilines is 1. The number of hydrogen-bond acceptors (Lipinski definition) is 6. The topological polar surface area (TPSA) is 94.3 Å². The van der Waals surface area contributed by atoms with Gasteiger partial charge in [-0.1, -0.05) is 30.3 Å². The fourth-order valence-electron chi connectivity index (χ4n) is 2.13. The summed E-state index contributed by atoms with van der Waals surface area (Å²) in [5.41, 5.74) is 6.69. The zero-order valence-corrected chi connectivity index (χ0v) is 14.7. The van der Waals surface area contributed by atoms with Crippen LogP contribution in [0.25, 0.3) is 11.3 Å². The monoisotopic (exact) mass is 367 g/mol. The number of aromatic nitrogens is 1. The Labute approximate surface area is 149 Å². The molecule has 3 N–H and O–H groups in total. The summed E-state index contributed by atoms with van der Waals surface area (Å²) in [5.74, 6) is -0.573. The van der Waals surface area contributed by atoms with Crippen LogP contribution < -0.4 is 11.1 Å². The van der Waals surface area contributed by atoms with Gasteiger partial charge in [-0.15, -0.1) is 23.7 Å². The Kier molecular flexibility index (Phi) is 5.58. The highest BCUT2D eigenvalue weighted by Crippen LogP contribution is 2.36. The van der Waals surface area contributed by atoms with E-state index in [1.807, 2.05) is 30.3 Å². The number of benzene rings is 1. The summed E-state index contributed by atoms with van der Waals surface area (Å²) in [4.78, 5) is 28.9. The molecule has 1 aliphatic rings. The smallest absolute Gasteiger partial charge is 0.310 e. The van der Waals surface area contributed by atoms with E-state index in [-0.39, 0.29) is 30.7 Å². The van der Waals surface area contributed by atoms with Crippen LogP contribution in [0.4, 0.5) is 5.13 Å². The lowest BCUT2D eigenvalue weighted by atomic mass is 10.1. The summed E-state index contributed by atoms with van der Waals surface area (Å²) in [7, 11) is 1.35. The number of nitrogens with zero attached hydrogens (tertiary/aromatic N) is 1. The summed E-state index contributed by atoms with van der Waals surface area (Å²) in [6.07, 6.45) is 1.48. The number of nitrogens with one attached hydrogen (secondary N) is 1. The Bertz CT molecular complexity index is 744. The molecule has 1 saturated carbocycles. The minimum atomic E-state index is -0.763. The molecule has 0 aliphatic heterocycles. The van der Waals surface area contributed by atoms with Gasteiger partial charge in [0.2, 0.25) is 5.91 Å². The van der Waals surface area contributed by atoms with Gasteiger partial charge in [0, 0.05) is 10.4 Å². The van der Waals surface area contributed by atoms with E-state index < -0.39 is 5.54 Å². The first-order valence-electron chi connectivity index (χ1n) is 7.24. The number of hydrogen-bond donors (Lipinski definition) is 2. The lowest BCUT2D eigenvalue weighted by molar-refractivity contribution is -0.139. The third kappa shape index (κ3) is 3.92. The Morgan fingerprint density at radius 2 is 2.00 bits per heavy atom. The third-order valence-electron chi connectivity index (χ3n) is 3.74. The predicted octanol–water partition coefficient (Wildman–Crippen LogP) is 2.38. The molecule has 0 atom stereocenters. The van der Waals surface area contributed by atoms with E-state index in [0.29, 0.717) is 23.7 Å². The van der Waals surface area contributed by atoms with Crippen LogP contribution in [0.1, 0.15) is 17.7 Å². The molecule has 1 heterocycles. The van der Waals surface area contributed by atoms with Gasteiger partial charge >= 0.3 is 5.97 Å². The van der Waals surface area contributed by atoms with Crippen LogP contribution in [0.5, 0.6) is 0 Å². The van der Waals surface area contributed by atoms with Crippen LogP contribution in [0, 0.1) is 0 Å². The second kappa shape index (κ2) is 7.29. The van der Waals surface area contributed by atoms with Crippen LogP contribution >= 0.6 is 23.7 Å². The van der Waals surface area contributed by atoms with E-state index in [1.165, 1.54) is 18.4 Å². The minimum Gasteiger partial charge on any atom is -0.469 e. The van der Waals surface area contributed by atoms with Crippen molar-refractivity contribution in [2.45, 2.75) is 24.8 Å². The van der Waals surface area contributed by atoms with Crippen molar-refractivity contribution in [1.29, 1.82) is 0 Å². The Morgan fingerprint density at radius 3 is 2.58 bits per heavy atom. The molecule has 6 nitrogen and oxygen atoms in total. The molecule has 0 bridgehead atoms. The number of amides is 1. The number of nitrogens with two attached hydrogens (primary N) is 1. The number of carbonyl (C=O) groups is 2. The largest absolute Gasteiger partial charge is 0.469 e. The number of thiazole rings is 1. The summed E-state index contributed by atoms with van der Waals surface area (Å²) in [6.45, 7) is 0. The molecule has 0 unspecified atom stereocenters. The standard InChI is InChI=1S/C16H17N3O3S.ClH/c1-22-12(20)9-11-13(10-5-3-2-4-6-10)18-15(23-11)19-14(21)16(17)7-8-16;/h2-6H,7-9,17H2,1H3,(H,18,19,21);1H. The molecule has 2 aromatic rings. The van der Waals surface area contributed by atoms with Crippen LogP contribution in [0.2, 0.25) is 0 Å². The van der Waals surface area contributed by atoms with E-state index in [4.69, 9.17) is 10.5 Å². The highest BCUT2D eigenvalue weighted by molar-refractivity contribution is 7.16. The van der Waals surface area contributed by atoms with Gasteiger partial charge in [0.15, 0.2) is 5.13 Å². The van der Waals surface area contributed by atoms with Crippen molar-refractivity contribution < 1.29 is 14.3 Å². The normalized spacial score (nSPS) is 14.4. The third-order valence-corrected chi connectivity index (χ3v) is 4.71. The highest BCUT2D eigenvalue weighted by atomic mass is 35.5. The van der Waals surface area contributed by atoms with Crippen molar-refractivity contribution >= 4 is 40.8 Å². The lowest BCUT2D eigenvalue weighted by Crippen LogP contribution is -2.37. The first-order valence-corrected chi connectivity index (χ1v) is 8.06. The van der Waals surface area contributed by atoms with Gasteiger partial charge in [-0.2, -0.15) is 0 Å². The van der Waals surface area contributed by atoms with Crippen molar-refractivity contribution in [3.8, 4) is 11.3 Å². The van der Waals surface area contributed by atoms with E-state index in [0.717, 1.165) is 10.4 Å². The molecular formula is C16H18ClN3O3S. The number of esters is 1. The van der Waals surface area contributed by atoms with Crippen LogP contribution in [0.3, 0.4) is 0 Å². The van der Waals surface area contributed by atoms with Crippen molar-refractivity contribution in [2.24, 2.45) is 5.73 Å². The Balaban J connectivity index is 0.00000208. The second-order valence-corrected chi connectivity index (χ2v) is 6.60. The maximum absolute atomic E-state index is 12.1. The molecule has 1 aromatic carbocycles. The number of halogens is 1. The quantitative estimate of drug-likeness (QED) is 0.791. The number of carbonyl (C=O) groups excluding carboxylic acids is 2. The first kappa shape index (κ1) is 18.4. The van der Waals surface area contributed by atoms with Crippen molar-refractivity contribution in [3.05, 3.63) is 35.2 Å². The Hall–Kier alpha value is -1.96. The number of ether oxygens (including phenoxy) is 1. The van der Waals surface area contributed by atoms with Crippen LogP contribution in [0.15, 0.2) is 30.3 Å². The van der Waals surface area contributed by atoms with Gasteiger partial charge in [0.1, 0.15) is 0 Å². The van der Waals surface area contributed by atoms with E-state index >= 15 is 0 Å². The molecule has 0 spiro atoms. The molecule has 8 heteroatoms. The molecular weight excluding hydrogens is 350 g/mol. The maximum Gasteiger partial charge on any atom is 0.310 e. The summed E-state index contributed by atoms with van der Waals surface area (Å²) >= 11 is 1.27. The SMILES string of the molecule is COC(=O)Cc1sc(NC(=O)C2(N)CC2)nc1-c1ccccc1.Cl. The molecule has 1 aromatic heterocycles. The summed E-state index contributed by atoms with van der Waals surface area (Å²) in [6, 6.07) is 9.52. The van der Waals surface area contributed by atoms with Gasteiger partial charge in [-0.25, -0.2) is 4.98 Å². The van der Waals surface area contributed by atoms with Crippen LogP contribution in [-0.4, -0.2) is 29.5 Å². The van der Waals surface area contributed by atoms with E-state index in [2.05, 4.69) is 10.3 Å². The molecule has 0 radical (unpaired) electrons. The zero-order valence-electron chi connectivity index (χ0n) is 13.1. The predicted molar refractivity (Wildman–Crippen MR) is 95.3 cm³/mol. The van der Waals surface area contributed by atoms with Crippen molar-refractivity contribution in [2.75, 3.05) is 12.4 Å². The fourth-order valence-corrected chi connectivity index (χ4v) is 3.10. The number of methoxy groups -OCH3 is 1. The average Bonchev–Trinajstić information content (AvgIpc) is 3.19. The molecule has 1 aliphatic carbocycles. The van der Waals surface area contributed by atoms with Gasteiger partial charge in [0.25, 0.3) is 0 Å². The summed E-state index contributed by atoms with van der Waals surface area (Å²) < 4.78 is 4.73. The lowest BCUT2D eigenvalue weighted by Gasteiger charge is -2.06. The molecule has 3 rings (SSSR count).